The lowest BCUT2D eigenvalue weighted by Gasteiger charge is -2.16. The summed E-state index contributed by atoms with van der Waals surface area (Å²) in [6.45, 7) is 7.73. The first-order chi connectivity index (χ1) is 16.7. The van der Waals surface area contributed by atoms with Gasteiger partial charge < -0.3 is 25.8 Å². The molecule has 0 aliphatic heterocycles. The van der Waals surface area contributed by atoms with Crippen molar-refractivity contribution in [1.29, 1.82) is 0 Å². The van der Waals surface area contributed by atoms with Gasteiger partial charge in [0.1, 0.15) is 12.3 Å². The minimum absolute atomic E-state index is 0.147. The van der Waals surface area contributed by atoms with E-state index in [9.17, 15) is 14.4 Å². The van der Waals surface area contributed by atoms with Gasteiger partial charge in [0.05, 0.1) is 17.9 Å². The molecular weight excluding hydrogens is 446 g/mol. The Bertz CT molecular complexity index is 1230. The molecule has 0 aliphatic rings. The fourth-order valence-electron chi connectivity index (χ4n) is 3.83. The van der Waals surface area contributed by atoms with Crippen LogP contribution in [0, 0.1) is 20.8 Å². The van der Waals surface area contributed by atoms with E-state index >= 15 is 0 Å². The summed E-state index contributed by atoms with van der Waals surface area (Å²) in [7, 11) is 0. The van der Waals surface area contributed by atoms with Gasteiger partial charge in [-0.05, 0) is 74.2 Å². The maximum atomic E-state index is 12.9. The summed E-state index contributed by atoms with van der Waals surface area (Å²) in [4.78, 5) is 36.5. The number of aliphatic carboxylic acids is 1. The molecule has 0 saturated carbocycles. The predicted molar refractivity (Wildman–Crippen MR) is 136 cm³/mol. The van der Waals surface area contributed by atoms with Crippen LogP contribution in [0.5, 0.6) is 5.75 Å². The average Bonchev–Trinajstić information content (AvgIpc) is 2.80. The molecular formula is C27H29N3O5. The monoisotopic (exact) mass is 475 g/mol. The van der Waals surface area contributed by atoms with Crippen molar-refractivity contribution in [3.63, 3.8) is 0 Å². The fourth-order valence-corrected chi connectivity index (χ4v) is 3.83. The second-order valence-electron chi connectivity index (χ2n) is 8.15. The van der Waals surface area contributed by atoms with E-state index in [1.807, 2.05) is 64.1 Å². The SMILES string of the molecule is CCOc1ccc(-c2ccc(C(=O)NCC(=O)O)c(NC(=O)Nc3c(C)cc(C)cc3C)c2)cc1. The molecule has 8 heteroatoms. The van der Waals surface area contributed by atoms with Crippen molar-refractivity contribution >= 4 is 29.3 Å². The average molecular weight is 476 g/mol. The molecule has 3 amide bonds. The summed E-state index contributed by atoms with van der Waals surface area (Å²) in [6, 6.07) is 15.9. The summed E-state index contributed by atoms with van der Waals surface area (Å²) in [5, 5.41) is 16.9. The van der Waals surface area contributed by atoms with Crippen LogP contribution in [-0.4, -0.2) is 36.2 Å². The van der Waals surface area contributed by atoms with Gasteiger partial charge in [0.25, 0.3) is 5.91 Å². The smallest absolute Gasteiger partial charge is 0.323 e. The largest absolute Gasteiger partial charge is 0.494 e. The Balaban J connectivity index is 1.92. The summed E-state index contributed by atoms with van der Waals surface area (Å²) in [5.41, 5.74) is 5.63. The normalized spacial score (nSPS) is 10.4. The molecule has 8 nitrogen and oxygen atoms in total. The first kappa shape index (κ1) is 25.3. The molecule has 0 aromatic heterocycles. The summed E-state index contributed by atoms with van der Waals surface area (Å²) < 4.78 is 5.49. The number of hydrogen-bond donors (Lipinski definition) is 4. The van der Waals surface area contributed by atoms with Crippen LogP contribution in [0.4, 0.5) is 16.2 Å². The lowest BCUT2D eigenvalue weighted by Crippen LogP contribution is -2.30. The highest BCUT2D eigenvalue weighted by atomic mass is 16.5. The van der Waals surface area contributed by atoms with Crippen LogP contribution in [0.1, 0.15) is 34.0 Å². The van der Waals surface area contributed by atoms with Gasteiger partial charge in [0.2, 0.25) is 0 Å². The number of benzene rings is 3. The van der Waals surface area contributed by atoms with Gasteiger partial charge in [-0.3, -0.25) is 9.59 Å². The van der Waals surface area contributed by atoms with Gasteiger partial charge >= 0.3 is 12.0 Å². The van der Waals surface area contributed by atoms with Crippen LogP contribution >= 0.6 is 0 Å². The maximum absolute atomic E-state index is 12.9. The van der Waals surface area contributed by atoms with Gasteiger partial charge in [-0.2, -0.15) is 0 Å². The Morgan fingerprint density at radius 2 is 1.49 bits per heavy atom. The number of aryl methyl sites for hydroxylation is 3. The van der Waals surface area contributed by atoms with Crippen LogP contribution in [-0.2, 0) is 4.79 Å². The molecule has 35 heavy (non-hydrogen) atoms. The molecule has 0 saturated heterocycles. The minimum Gasteiger partial charge on any atom is -0.494 e. The van der Waals surface area contributed by atoms with Gasteiger partial charge in [0, 0.05) is 5.69 Å². The Kier molecular flexibility index (Phi) is 8.09. The molecule has 3 rings (SSSR count). The second kappa shape index (κ2) is 11.2. The van der Waals surface area contributed by atoms with E-state index in [0.29, 0.717) is 12.3 Å². The van der Waals surface area contributed by atoms with Crippen LogP contribution in [0.3, 0.4) is 0 Å². The zero-order valence-electron chi connectivity index (χ0n) is 20.2. The molecule has 0 bridgehead atoms. The Hall–Kier alpha value is -4.33. The Morgan fingerprint density at radius 3 is 2.09 bits per heavy atom. The Morgan fingerprint density at radius 1 is 0.857 bits per heavy atom. The van der Waals surface area contributed by atoms with Gasteiger partial charge in [0.15, 0.2) is 0 Å². The number of nitrogens with one attached hydrogen (secondary N) is 3. The first-order valence-electron chi connectivity index (χ1n) is 11.2. The number of carboxylic acid groups (broad SMARTS) is 1. The van der Waals surface area contributed by atoms with E-state index in [0.717, 1.165) is 33.6 Å². The second-order valence-corrected chi connectivity index (χ2v) is 8.15. The van der Waals surface area contributed by atoms with E-state index in [1.54, 1.807) is 18.2 Å². The fraction of sp³-hybridized carbons (Fsp3) is 0.222. The van der Waals surface area contributed by atoms with Gasteiger partial charge in [-0.25, -0.2) is 4.79 Å². The molecule has 0 fully saturated rings. The molecule has 0 radical (unpaired) electrons. The third-order valence-electron chi connectivity index (χ3n) is 5.33. The number of carbonyl (C=O) groups is 3. The number of carbonyl (C=O) groups excluding carboxylic acids is 2. The summed E-state index contributed by atoms with van der Waals surface area (Å²) in [5.74, 6) is -1.03. The van der Waals surface area contributed by atoms with Crippen molar-refractivity contribution in [1.82, 2.24) is 5.32 Å². The topological polar surface area (TPSA) is 117 Å². The molecule has 182 valence electrons. The van der Waals surface area contributed by atoms with Crippen molar-refractivity contribution in [2.75, 3.05) is 23.8 Å². The Labute approximate surface area is 204 Å². The van der Waals surface area contributed by atoms with Crippen LogP contribution < -0.4 is 20.7 Å². The minimum atomic E-state index is -1.16. The zero-order valence-corrected chi connectivity index (χ0v) is 20.2. The van der Waals surface area contributed by atoms with Crippen LogP contribution in [0.15, 0.2) is 54.6 Å². The van der Waals surface area contributed by atoms with E-state index in [-0.39, 0.29) is 11.3 Å². The van der Waals surface area contributed by atoms with E-state index in [2.05, 4.69) is 16.0 Å². The number of ether oxygens (including phenoxy) is 1. The summed E-state index contributed by atoms with van der Waals surface area (Å²) >= 11 is 0. The predicted octanol–water partition coefficient (Wildman–Crippen LogP) is 5.14. The van der Waals surface area contributed by atoms with Gasteiger partial charge in [-0.15, -0.1) is 0 Å². The summed E-state index contributed by atoms with van der Waals surface area (Å²) in [6.07, 6.45) is 0. The molecule has 0 spiro atoms. The maximum Gasteiger partial charge on any atom is 0.323 e. The highest BCUT2D eigenvalue weighted by Gasteiger charge is 2.17. The number of anilines is 2. The molecule has 0 heterocycles. The molecule has 4 N–H and O–H groups in total. The molecule has 0 atom stereocenters. The van der Waals surface area contributed by atoms with Crippen LogP contribution in [0.25, 0.3) is 11.1 Å². The highest BCUT2D eigenvalue weighted by Crippen LogP contribution is 2.28. The van der Waals surface area contributed by atoms with E-state index in [4.69, 9.17) is 9.84 Å². The number of hydrogen-bond acceptors (Lipinski definition) is 4. The van der Waals surface area contributed by atoms with Crippen molar-refractivity contribution in [2.45, 2.75) is 27.7 Å². The quantitative estimate of drug-likeness (QED) is 0.360. The van der Waals surface area contributed by atoms with E-state index < -0.39 is 24.5 Å². The molecule has 3 aromatic rings. The lowest BCUT2D eigenvalue weighted by atomic mass is 10.0. The number of carboxylic acids is 1. The number of amides is 3. The van der Waals surface area contributed by atoms with Crippen LogP contribution in [0.2, 0.25) is 0 Å². The third kappa shape index (κ3) is 6.60. The number of urea groups is 1. The number of rotatable bonds is 8. The van der Waals surface area contributed by atoms with E-state index in [1.165, 1.54) is 0 Å². The molecule has 0 aliphatic carbocycles. The lowest BCUT2D eigenvalue weighted by molar-refractivity contribution is -0.135. The van der Waals surface area contributed by atoms with Crippen molar-refractivity contribution < 1.29 is 24.2 Å². The third-order valence-corrected chi connectivity index (χ3v) is 5.33. The molecule has 0 unspecified atom stereocenters. The van der Waals surface area contributed by atoms with Crippen molar-refractivity contribution in [2.24, 2.45) is 0 Å². The van der Waals surface area contributed by atoms with Gasteiger partial charge in [-0.1, -0.05) is 35.9 Å². The first-order valence-corrected chi connectivity index (χ1v) is 11.2. The van der Waals surface area contributed by atoms with Crippen molar-refractivity contribution in [3.8, 4) is 16.9 Å². The highest BCUT2D eigenvalue weighted by molar-refractivity contribution is 6.08. The standard InChI is InChI=1S/C27H29N3O5/c1-5-35-21-9-6-19(7-10-21)20-8-11-22(26(33)28-15-24(31)32)23(14-20)29-27(34)30-25-17(3)12-16(2)13-18(25)4/h6-14H,5,15H2,1-4H3,(H,28,33)(H,31,32)(H2,29,30,34). The molecule has 3 aromatic carbocycles. The van der Waals surface area contributed by atoms with Crippen molar-refractivity contribution in [3.05, 3.63) is 76.9 Å². The zero-order chi connectivity index (χ0) is 25.5.